The molecule has 0 spiro atoms. The summed E-state index contributed by atoms with van der Waals surface area (Å²) in [4.78, 5) is -0.0666. The molecule has 0 unspecified atom stereocenters. The molecule has 23 heavy (non-hydrogen) atoms. The topological polar surface area (TPSA) is 176 Å². The molecule has 0 radical (unpaired) electrons. The van der Waals surface area contributed by atoms with Crippen molar-refractivity contribution in [1.82, 2.24) is 0 Å². The second kappa shape index (κ2) is 18.9. The number of hydrogen-bond donors (Lipinski definition) is 7. The van der Waals surface area contributed by atoms with Gasteiger partial charge in [-0.3, -0.25) is 4.55 Å². The lowest BCUT2D eigenvalue weighted by atomic mass is 10.2. The van der Waals surface area contributed by atoms with Crippen LogP contribution in [0.1, 0.15) is 5.56 Å². The van der Waals surface area contributed by atoms with Crippen LogP contribution >= 0.6 is 0 Å². The van der Waals surface area contributed by atoms with Crippen LogP contribution in [0.2, 0.25) is 0 Å². The zero-order valence-corrected chi connectivity index (χ0v) is 13.7. The Hall–Kier alpha value is -1.11. The van der Waals surface area contributed by atoms with E-state index in [1.54, 1.807) is 12.1 Å². The van der Waals surface area contributed by atoms with E-state index < -0.39 is 10.1 Å². The van der Waals surface area contributed by atoms with Crippen molar-refractivity contribution in [2.75, 3.05) is 39.6 Å². The zero-order chi connectivity index (χ0) is 18.7. The minimum atomic E-state index is -4.02. The summed E-state index contributed by atoms with van der Waals surface area (Å²) in [5.41, 5.74) is 0.956. The van der Waals surface area contributed by atoms with Crippen molar-refractivity contribution < 1.29 is 43.6 Å². The van der Waals surface area contributed by atoms with Crippen LogP contribution < -0.4 is 0 Å². The number of rotatable bonds is 4. The first-order chi connectivity index (χ1) is 10.7. The van der Waals surface area contributed by atoms with Gasteiger partial charge < -0.3 is 30.6 Å². The molecule has 138 valence electrons. The minimum Gasteiger partial charge on any atom is -0.394 e. The maximum atomic E-state index is 10.5. The van der Waals surface area contributed by atoms with Gasteiger partial charge in [0.1, 0.15) is 0 Å². The highest BCUT2D eigenvalue weighted by molar-refractivity contribution is 7.85. The highest BCUT2D eigenvalue weighted by Gasteiger charge is 2.06. The molecule has 0 heterocycles. The summed E-state index contributed by atoms with van der Waals surface area (Å²) in [6, 6.07) is 5.99. The fraction of sp³-hybridized carbons (Fsp3) is 0.538. The molecule has 7 N–H and O–H groups in total. The summed E-state index contributed by atoms with van der Waals surface area (Å²) in [5.74, 6) is 0. The van der Waals surface area contributed by atoms with E-state index in [9.17, 15) is 8.42 Å². The second-order valence-electron chi connectivity index (χ2n) is 3.63. The van der Waals surface area contributed by atoms with Crippen molar-refractivity contribution in [2.45, 2.75) is 11.8 Å². The largest absolute Gasteiger partial charge is 0.394 e. The first kappa shape index (κ1) is 26.8. The van der Waals surface area contributed by atoms with E-state index in [2.05, 4.69) is 0 Å². The molecule has 1 aromatic carbocycles. The van der Waals surface area contributed by atoms with Gasteiger partial charge in [-0.2, -0.15) is 8.42 Å². The average molecular weight is 358 g/mol. The van der Waals surface area contributed by atoms with Gasteiger partial charge in [0.15, 0.2) is 0 Å². The van der Waals surface area contributed by atoms with E-state index in [1.807, 2.05) is 6.92 Å². The molecule has 0 aliphatic carbocycles. The monoisotopic (exact) mass is 358 g/mol. The third-order valence-corrected chi connectivity index (χ3v) is 2.49. The molecule has 0 saturated carbocycles. The molecule has 9 nitrogen and oxygen atoms in total. The number of hydrogen-bond acceptors (Lipinski definition) is 8. The predicted molar refractivity (Wildman–Crippen MR) is 83.5 cm³/mol. The SMILES string of the molecule is Cc1ccc(S(=O)(=O)O)cc1.OCCO.OCCO.OCCO. The van der Waals surface area contributed by atoms with E-state index in [-0.39, 0.29) is 44.5 Å². The number of aliphatic hydroxyl groups excluding tert-OH is 6. The van der Waals surface area contributed by atoms with Crippen LogP contribution in [0.15, 0.2) is 29.2 Å². The maximum Gasteiger partial charge on any atom is 0.294 e. The molecule has 0 aromatic heterocycles. The number of aryl methyl sites for hydroxylation is 1. The lowest BCUT2D eigenvalue weighted by Crippen LogP contribution is -1.96. The summed E-state index contributed by atoms with van der Waals surface area (Å²) in [6.45, 7) is 1.09. The quantitative estimate of drug-likeness (QED) is 0.305. The highest BCUT2D eigenvalue weighted by Crippen LogP contribution is 2.08. The average Bonchev–Trinajstić information content (AvgIpc) is 2.55. The Labute approximate surface area is 135 Å². The van der Waals surface area contributed by atoms with Gasteiger partial charge in [-0.05, 0) is 19.1 Å². The van der Waals surface area contributed by atoms with Gasteiger partial charge in [-0.15, -0.1) is 0 Å². The third-order valence-electron chi connectivity index (χ3n) is 1.62. The van der Waals surface area contributed by atoms with Crippen molar-refractivity contribution in [3.63, 3.8) is 0 Å². The maximum absolute atomic E-state index is 10.5. The Balaban J connectivity index is -0.000000278. The molecule has 10 heteroatoms. The Morgan fingerprint density at radius 1 is 0.696 bits per heavy atom. The Morgan fingerprint density at radius 3 is 1.13 bits per heavy atom. The van der Waals surface area contributed by atoms with E-state index in [1.165, 1.54) is 12.1 Å². The Morgan fingerprint density at radius 2 is 0.957 bits per heavy atom. The molecule has 0 bridgehead atoms. The summed E-state index contributed by atoms with van der Waals surface area (Å²) < 4.78 is 29.6. The third kappa shape index (κ3) is 23.3. The Bertz CT molecular complexity index is 416. The van der Waals surface area contributed by atoms with Crippen LogP contribution in [-0.4, -0.2) is 83.3 Å². The lowest BCUT2D eigenvalue weighted by molar-refractivity contribution is 0.186. The van der Waals surface area contributed by atoms with Gasteiger partial charge in [0, 0.05) is 0 Å². The van der Waals surface area contributed by atoms with Crippen molar-refractivity contribution in [1.29, 1.82) is 0 Å². The Kier molecular flexibility index (Phi) is 22.0. The molecule has 0 aliphatic heterocycles. The summed E-state index contributed by atoms with van der Waals surface area (Å²) in [7, 11) is -4.02. The van der Waals surface area contributed by atoms with Crippen LogP contribution in [0.25, 0.3) is 0 Å². The zero-order valence-electron chi connectivity index (χ0n) is 12.9. The molecule has 0 amide bonds. The van der Waals surface area contributed by atoms with Crippen molar-refractivity contribution in [2.24, 2.45) is 0 Å². The van der Waals surface area contributed by atoms with E-state index in [4.69, 9.17) is 35.2 Å². The standard InChI is InChI=1S/C7H8O3S.3C2H6O2/c1-6-2-4-7(5-3-6)11(8,9)10;3*3-1-2-4/h2-5H,1H3,(H,8,9,10);3*3-4H,1-2H2. The van der Waals surface area contributed by atoms with Gasteiger partial charge in [0.2, 0.25) is 0 Å². The van der Waals surface area contributed by atoms with E-state index in [0.29, 0.717) is 0 Å². The van der Waals surface area contributed by atoms with Crippen LogP contribution in [0.5, 0.6) is 0 Å². The summed E-state index contributed by atoms with van der Waals surface area (Å²) >= 11 is 0. The first-order valence-electron chi connectivity index (χ1n) is 6.44. The van der Waals surface area contributed by atoms with Crippen LogP contribution in [-0.2, 0) is 10.1 Å². The van der Waals surface area contributed by atoms with Crippen molar-refractivity contribution in [3.8, 4) is 0 Å². The van der Waals surface area contributed by atoms with Crippen LogP contribution in [0.3, 0.4) is 0 Å². The molecule has 0 fully saturated rings. The van der Waals surface area contributed by atoms with Gasteiger partial charge in [-0.25, -0.2) is 0 Å². The second-order valence-corrected chi connectivity index (χ2v) is 5.05. The van der Waals surface area contributed by atoms with Crippen LogP contribution in [0, 0.1) is 6.92 Å². The van der Waals surface area contributed by atoms with Crippen molar-refractivity contribution in [3.05, 3.63) is 29.8 Å². The summed E-state index contributed by atoms with van der Waals surface area (Å²) in [5, 5.41) is 45.8. The van der Waals surface area contributed by atoms with E-state index >= 15 is 0 Å². The molecule has 0 saturated heterocycles. The minimum absolute atomic E-state index is 0.0666. The number of aliphatic hydroxyl groups is 6. The van der Waals surface area contributed by atoms with Crippen LogP contribution in [0.4, 0.5) is 0 Å². The molecular weight excluding hydrogens is 332 g/mol. The lowest BCUT2D eigenvalue weighted by Gasteiger charge is -1.95. The highest BCUT2D eigenvalue weighted by atomic mass is 32.2. The normalized spacial score (nSPS) is 9.39. The molecule has 0 atom stereocenters. The fourth-order valence-electron chi connectivity index (χ4n) is 0.710. The van der Waals surface area contributed by atoms with Gasteiger partial charge in [-0.1, -0.05) is 17.7 Å². The fourth-order valence-corrected chi connectivity index (χ4v) is 1.19. The van der Waals surface area contributed by atoms with Gasteiger partial charge in [0.25, 0.3) is 10.1 Å². The van der Waals surface area contributed by atoms with Gasteiger partial charge >= 0.3 is 0 Å². The first-order valence-corrected chi connectivity index (χ1v) is 7.88. The molecule has 1 rings (SSSR count). The summed E-state index contributed by atoms with van der Waals surface area (Å²) in [6.07, 6.45) is 0. The van der Waals surface area contributed by atoms with Crippen molar-refractivity contribution >= 4 is 10.1 Å². The van der Waals surface area contributed by atoms with Gasteiger partial charge in [0.05, 0.1) is 44.5 Å². The molecular formula is C13H26O9S. The predicted octanol–water partition coefficient (Wildman–Crippen LogP) is -1.85. The molecule has 0 aliphatic rings. The van der Waals surface area contributed by atoms with E-state index in [0.717, 1.165) is 5.56 Å². The smallest absolute Gasteiger partial charge is 0.294 e. The molecule has 1 aromatic rings. The number of benzene rings is 1.